The largest absolute Gasteiger partial charge is 0.379 e. The van der Waals surface area contributed by atoms with Crippen LogP contribution in [0.1, 0.15) is 40.7 Å². The van der Waals surface area contributed by atoms with Crippen molar-refractivity contribution in [1.29, 1.82) is 0 Å². The summed E-state index contributed by atoms with van der Waals surface area (Å²) in [7, 11) is 0. The molecule has 1 aromatic carbocycles. The first-order valence-corrected chi connectivity index (χ1v) is 12.1. The predicted molar refractivity (Wildman–Crippen MR) is 134 cm³/mol. The van der Waals surface area contributed by atoms with Gasteiger partial charge in [0.05, 0.1) is 30.5 Å². The molecule has 0 aliphatic carbocycles. The van der Waals surface area contributed by atoms with Gasteiger partial charge in [-0.05, 0) is 29.7 Å². The minimum atomic E-state index is -0.278. The van der Waals surface area contributed by atoms with Gasteiger partial charge < -0.3 is 15.4 Å². The fourth-order valence-corrected chi connectivity index (χ4v) is 4.85. The van der Waals surface area contributed by atoms with Gasteiger partial charge in [0.2, 0.25) is 0 Å². The lowest BCUT2D eigenvalue weighted by atomic mass is 10.1. The molecule has 0 spiro atoms. The van der Waals surface area contributed by atoms with Crippen LogP contribution in [-0.4, -0.2) is 57.3 Å². The number of nitrogens with zero attached hydrogens (tertiary/aromatic N) is 4. The molecular formula is C24H27N7O2S. The van der Waals surface area contributed by atoms with Crippen LogP contribution in [-0.2, 0) is 11.3 Å². The molecule has 0 radical (unpaired) electrons. The number of carbonyl (C=O) groups excluding carboxylic acids is 1. The van der Waals surface area contributed by atoms with Crippen molar-refractivity contribution in [3.05, 3.63) is 59.0 Å². The van der Waals surface area contributed by atoms with E-state index >= 15 is 0 Å². The number of aromatic amines is 1. The van der Waals surface area contributed by atoms with E-state index in [-0.39, 0.29) is 5.91 Å². The number of hydrogen-bond donors (Lipinski definition) is 3. The van der Waals surface area contributed by atoms with Gasteiger partial charge in [-0.1, -0.05) is 26.0 Å². The van der Waals surface area contributed by atoms with E-state index in [0.717, 1.165) is 48.8 Å². The molecule has 1 fully saturated rings. The van der Waals surface area contributed by atoms with Crippen LogP contribution in [0.25, 0.3) is 10.2 Å². The summed E-state index contributed by atoms with van der Waals surface area (Å²) < 4.78 is 5.41. The molecule has 0 unspecified atom stereocenters. The monoisotopic (exact) mass is 477 g/mol. The van der Waals surface area contributed by atoms with E-state index in [1.807, 2.05) is 24.3 Å². The maximum Gasteiger partial charge on any atom is 0.275 e. The Morgan fingerprint density at radius 2 is 2.00 bits per heavy atom. The number of rotatable bonds is 7. The van der Waals surface area contributed by atoms with E-state index in [9.17, 15) is 4.79 Å². The van der Waals surface area contributed by atoms with Crippen LogP contribution in [0.5, 0.6) is 0 Å². The highest BCUT2D eigenvalue weighted by molar-refractivity contribution is 7.18. The van der Waals surface area contributed by atoms with Crippen LogP contribution in [0.4, 0.5) is 17.2 Å². The summed E-state index contributed by atoms with van der Waals surface area (Å²) in [4.78, 5) is 26.3. The number of morpholine rings is 1. The molecule has 1 saturated heterocycles. The lowest BCUT2D eigenvalue weighted by Crippen LogP contribution is -2.35. The predicted octanol–water partition coefficient (Wildman–Crippen LogP) is 4.37. The highest BCUT2D eigenvalue weighted by atomic mass is 32.1. The zero-order chi connectivity index (χ0) is 23.5. The summed E-state index contributed by atoms with van der Waals surface area (Å²) in [6.07, 6.45) is 3.12. The Morgan fingerprint density at radius 1 is 1.21 bits per heavy atom. The summed E-state index contributed by atoms with van der Waals surface area (Å²) >= 11 is 1.65. The number of anilines is 3. The second kappa shape index (κ2) is 9.88. The van der Waals surface area contributed by atoms with Crippen LogP contribution >= 0.6 is 11.3 Å². The first-order chi connectivity index (χ1) is 16.6. The lowest BCUT2D eigenvalue weighted by Gasteiger charge is -2.26. The lowest BCUT2D eigenvalue weighted by molar-refractivity contribution is 0.0342. The molecule has 9 nitrogen and oxygen atoms in total. The van der Waals surface area contributed by atoms with Crippen molar-refractivity contribution >= 4 is 44.7 Å². The number of H-pyrrole nitrogens is 1. The maximum absolute atomic E-state index is 13.0. The summed E-state index contributed by atoms with van der Waals surface area (Å²) in [5.74, 6) is 0.776. The second-order valence-electron chi connectivity index (χ2n) is 8.57. The van der Waals surface area contributed by atoms with Crippen LogP contribution in [0, 0.1) is 0 Å². The molecular weight excluding hydrogens is 450 g/mol. The van der Waals surface area contributed by atoms with E-state index in [2.05, 4.69) is 55.6 Å². The number of aromatic nitrogens is 4. The van der Waals surface area contributed by atoms with Crippen LogP contribution in [0.2, 0.25) is 0 Å². The maximum atomic E-state index is 13.0. The third-order valence-electron chi connectivity index (χ3n) is 5.76. The highest BCUT2D eigenvalue weighted by Gasteiger charge is 2.18. The van der Waals surface area contributed by atoms with E-state index < -0.39 is 0 Å². The standard InChI is InChI=1S/C24H27N7O2S/c1-15(2)20-11-18-22(25-14-26-24(18)34-20)29-19-12-27-30-21(19)23(32)28-17-5-3-16(4-6-17)13-31-7-9-33-10-8-31/h3-6,11-12,14-15H,7-10,13H2,1-2H3,(H,27,30)(H,28,32)(H,25,26,29). The minimum absolute atomic E-state index is 0.278. The number of carbonyl (C=O) groups is 1. The zero-order valence-electron chi connectivity index (χ0n) is 19.2. The molecule has 5 rings (SSSR count). The van der Waals surface area contributed by atoms with Gasteiger partial charge in [0.15, 0.2) is 0 Å². The molecule has 0 bridgehead atoms. The SMILES string of the molecule is CC(C)c1cc2c(Nc3cn[nH]c3C(=O)Nc3ccc(CN4CCOCC4)cc3)ncnc2s1. The van der Waals surface area contributed by atoms with Gasteiger partial charge in [-0.25, -0.2) is 9.97 Å². The number of amides is 1. The normalized spacial score (nSPS) is 14.6. The first kappa shape index (κ1) is 22.5. The van der Waals surface area contributed by atoms with Crippen molar-refractivity contribution in [2.45, 2.75) is 26.3 Å². The Bertz CT molecular complexity index is 1280. The quantitative estimate of drug-likeness (QED) is 0.363. The van der Waals surface area contributed by atoms with Crippen molar-refractivity contribution < 1.29 is 9.53 Å². The van der Waals surface area contributed by atoms with E-state index in [4.69, 9.17) is 4.74 Å². The number of hydrogen-bond acceptors (Lipinski definition) is 8. The molecule has 34 heavy (non-hydrogen) atoms. The highest BCUT2D eigenvalue weighted by Crippen LogP contribution is 2.33. The minimum Gasteiger partial charge on any atom is -0.379 e. The van der Waals surface area contributed by atoms with Crippen molar-refractivity contribution in [3.8, 4) is 0 Å². The van der Waals surface area contributed by atoms with E-state index in [1.165, 1.54) is 16.8 Å². The third kappa shape index (κ3) is 4.93. The molecule has 0 saturated carbocycles. The fourth-order valence-electron chi connectivity index (χ4n) is 3.84. The van der Waals surface area contributed by atoms with E-state index in [1.54, 1.807) is 17.5 Å². The van der Waals surface area contributed by atoms with Crippen molar-refractivity contribution in [2.24, 2.45) is 0 Å². The summed E-state index contributed by atoms with van der Waals surface area (Å²) in [5, 5.41) is 14.0. The molecule has 3 N–H and O–H groups in total. The Hall–Kier alpha value is -3.34. The number of benzene rings is 1. The number of fused-ring (bicyclic) bond motifs is 1. The van der Waals surface area contributed by atoms with Gasteiger partial charge in [-0.3, -0.25) is 14.8 Å². The Balaban J connectivity index is 1.28. The van der Waals surface area contributed by atoms with Gasteiger partial charge in [0.25, 0.3) is 5.91 Å². The number of ether oxygens (including phenoxy) is 1. The number of thiophene rings is 1. The average Bonchev–Trinajstić information content (AvgIpc) is 3.49. The molecule has 1 aliphatic heterocycles. The van der Waals surface area contributed by atoms with Gasteiger partial charge in [-0.2, -0.15) is 5.10 Å². The molecule has 3 aromatic heterocycles. The Kier molecular flexibility index (Phi) is 6.52. The van der Waals surface area contributed by atoms with Crippen molar-refractivity contribution in [1.82, 2.24) is 25.1 Å². The van der Waals surface area contributed by atoms with Gasteiger partial charge >= 0.3 is 0 Å². The fraction of sp³-hybridized carbons (Fsp3) is 0.333. The molecule has 1 aliphatic rings. The molecule has 10 heteroatoms. The topological polar surface area (TPSA) is 108 Å². The first-order valence-electron chi connectivity index (χ1n) is 11.3. The molecule has 4 heterocycles. The Labute approximate surface area is 201 Å². The number of nitrogens with one attached hydrogen (secondary N) is 3. The second-order valence-corrected chi connectivity index (χ2v) is 9.63. The van der Waals surface area contributed by atoms with Gasteiger partial charge in [0.1, 0.15) is 22.7 Å². The van der Waals surface area contributed by atoms with Crippen LogP contribution < -0.4 is 10.6 Å². The summed E-state index contributed by atoms with van der Waals surface area (Å²) in [5.41, 5.74) is 2.82. The third-order valence-corrected chi connectivity index (χ3v) is 7.10. The molecule has 176 valence electrons. The molecule has 4 aromatic rings. The molecule has 1 amide bonds. The summed E-state index contributed by atoms with van der Waals surface area (Å²) in [6.45, 7) is 8.62. The van der Waals surface area contributed by atoms with Crippen LogP contribution in [0.3, 0.4) is 0 Å². The zero-order valence-corrected chi connectivity index (χ0v) is 20.0. The van der Waals surface area contributed by atoms with Gasteiger partial charge in [0, 0.05) is 30.2 Å². The smallest absolute Gasteiger partial charge is 0.275 e. The average molecular weight is 478 g/mol. The van der Waals surface area contributed by atoms with Crippen LogP contribution in [0.15, 0.2) is 42.9 Å². The van der Waals surface area contributed by atoms with Gasteiger partial charge in [-0.15, -0.1) is 11.3 Å². The van der Waals surface area contributed by atoms with Crippen molar-refractivity contribution in [3.63, 3.8) is 0 Å². The summed E-state index contributed by atoms with van der Waals surface area (Å²) in [6, 6.07) is 10.0. The van der Waals surface area contributed by atoms with Crippen molar-refractivity contribution in [2.75, 3.05) is 36.9 Å². The Morgan fingerprint density at radius 3 is 2.76 bits per heavy atom. The van der Waals surface area contributed by atoms with E-state index in [0.29, 0.717) is 23.1 Å². The molecule has 0 atom stereocenters.